The number of halogens is 6. The van der Waals surface area contributed by atoms with E-state index in [9.17, 15) is 9.59 Å². The van der Waals surface area contributed by atoms with E-state index < -0.39 is 38.9 Å². The first-order valence-electron chi connectivity index (χ1n) is 5.73. The lowest BCUT2D eigenvalue weighted by Gasteiger charge is -2.24. The summed E-state index contributed by atoms with van der Waals surface area (Å²) in [5.74, 6) is -0.676. The normalized spacial score (nSPS) is 19.5. The fourth-order valence-electron chi connectivity index (χ4n) is 1.71. The summed E-state index contributed by atoms with van der Waals surface area (Å²) in [5.41, 5.74) is 0. The zero-order valence-corrected chi connectivity index (χ0v) is 15.0. The molecule has 0 N–H and O–H groups in total. The third kappa shape index (κ3) is 7.53. The molecule has 0 saturated carbocycles. The van der Waals surface area contributed by atoms with Crippen molar-refractivity contribution in [2.24, 2.45) is 0 Å². The summed E-state index contributed by atoms with van der Waals surface area (Å²) in [6.45, 7) is -0.515. The fourth-order valence-corrected chi connectivity index (χ4v) is 2.03. The van der Waals surface area contributed by atoms with E-state index in [0.717, 1.165) is 0 Å². The molecule has 21 heavy (non-hydrogen) atoms. The molecule has 0 bridgehead atoms. The first-order chi connectivity index (χ1) is 9.49. The highest BCUT2D eigenvalue weighted by molar-refractivity contribution is 6.68. The third-order valence-electron chi connectivity index (χ3n) is 2.50. The van der Waals surface area contributed by atoms with E-state index in [4.69, 9.17) is 79.1 Å². The van der Waals surface area contributed by atoms with E-state index in [1.54, 1.807) is 0 Å². The lowest BCUT2D eigenvalue weighted by atomic mass is 10.2. The number of hydrogen-bond acceptors (Lipinski definition) is 4. The first kappa shape index (κ1) is 19.5. The maximum absolute atomic E-state index is 11.9. The van der Waals surface area contributed by atoms with Crippen molar-refractivity contribution < 1.29 is 19.1 Å². The van der Waals surface area contributed by atoms with Crippen molar-refractivity contribution in [1.82, 2.24) is 4.90 Å². The van der Waals surface area contributed by atoms with Crippen molar-refractivity contribution in [2.75, 3.05) is 19.8 Å². The standard InChI is InChI=1S/C10H11Cl6NO4/c11-9(12,13)4-20-7(18)6-2-1-3-17(6)8(19)21-5-10(14,15)16/h6H,1-5H2. The van der Waals surface area contributed by atoms with Crippen LogP contribution in [0.2, 0.25) is 0 Å². The van der Waals surface area contributed by atoms with Gasteiger partial charge in [0.05, 0.1) is 0 Å². The minimum atomic E-state index is -1.72. The summed E-state index contributed by atoms with van der Waals surface area (Å²) in [6.07, 6.45) is 0.257. The molecule has 1 rings (SSSR count). The van der Waals surface area contributed by atoms with E-state index in [0.29, 0.717) is 19.4 Å². The van der Waals surface area contributed by atoms with Crippen molar-refractivity contribution in [1.29, 1.82) is 0 Å². The molecule has 5 nitrogen and oxygen atoms in total. The van der Waals surface area contributed by atoms with Crippen molar-refractivity contribution in [3.8, 4) is 0 Å². The summed E-state index contributed by atoms with van der Waals surface area (Å²) in [4.78, 5) is 24.9. The van der Waals surface area contributed by atoms with Crippen LogP contribution in [-0.2, 0) is 14.3 Å². The van der Waals surface area contributed by atoms with Gasteiger partial charge in [0.1, 0.15) is 19.3 Å². The Morgan fingerprint density at radius 1 is 1.00 bits per heavy atom. The molecule has 1 atom stereocenters. The van der Waals surface area contributed by atoms with E-state index in [2.05, 4.69) is 0 Å². The van der Waals surface area contributed by atoms with Gasteiger partial charge in [-0.1, -0.05) is 69.6 Å². The number of rotatable bonds is 3. The largest absolute Gasteiger partial charge is 0.460 e. The molecule has 1 amide bonds. The molecule has 122 valence electrons. The summed E-state index contributed by atoms with van der Waals surface area (Å²) >= 11 is 32.9. The van der Waals surface area contributed by atoms with Gasteiger partial charge in [-0.05, 0) is 12.8 Å². The molecule has 0 aliphatic carbocycles. The Hall–Kier alpha value is 0.480. The molecular weight excluding hydrogens is 411 g/mol. The first-order valence-corrected chi connectivity index (χ1v) is 8.00. The molecule has 0 aromatic rings. The zero-order valence-electron chi connectivity index (χ0n) is 10.5. The van der Waals surface area contributed by atoms with Crippen LogP contribution in [0.15, 0.2) is 0 Å². The van der Waals surface area contributed by atoms with Crippen LogP contribution in [0.5, 0.6) is 0 Å². The van der Waals surface area contributed by atoms with Crippen molar-refractivity contribution >= 4 is 81.7 Å². The van der Waals surface area contributed by atoms with Gasteiger partial charge in [-0.2, -0.15) is 0 Å². The number of hydrogen-bond donors (Lipinski definition) is 0. The molecule has 1 aliphatic heterocycles. The predicted octanol–water partition coefficient (Wildman–Crippen LogP) is 3.87. The number of ether oxygens (including phenoxy) is 2. The van der Waals surface area contributed by atoms with Crippen LogP contribution < -0.4 is 0 Å². The highest BCUT2D eigenvalue weighted by Crippen LogP contribution is 2.28. The van der Waals surface area contributed by atoms with Crippen LogP contribution in [0.1, 0.15) is 12.8 Å². The van der Waals surface area contributed by atoms with E-state index in [1.807, 2.05) is 0 Å². The second kappa shape index (κ2) is 7.84. The van der Waals surface area contributed by atoms with E-state index in [-0.39, 0.29) is 0 Å². The lowest BCUT2D eigenvalue weighted by Crippen LogP contribution is -2.43. The van der Waals surface area contributed by atoms with Gasteiger partial charge < -0.3 is 9.47 Å². The topological polar surface area (TPSA) is 55.8 Å². The number of nitrogens with zero attached hydrogens (tertiary/aromatic N) is 1. The summed E-state index contributed by atoms with van der Waals surface area (Å²) < 4.78 is 6.24. The minimum Gasteiger partial charge on any atom is -0.460 e. The summed E-state index contributed by atoms with van der Waals surface area (Å²) in [6, 6.07) is -0.805. The van der Waals surface area contributed by atoms with Crippen molar-refractivity contribution in [3.05, 3.63) is 0 Å². The molecule has 1 unspecified atom stereocenters. The van der Waals surface area contributed by atoms with Gasteiger partial charge in [0.25, 0.3) is 0 Å². The van der Waals surface area contributed by atoms with Gasteiger partial charge in [-0.15, -0.1) is 0 Å². The molecular formula is C10H11Cl6NO4. The Labute approximate surface area is 151 Å². The second-order valence-electron chi connectivity index (χ2n) is 4.24. The average molecular weight is 422 g/mol. The molecule has 1 fully saturated rings. The smallest absolute Gasteiger partial charge is 0.410 e. The van der Waals surface area contributed by atoms with Gasteiger partial charge in [0, 0.05) is 6.54 Å². The number of amides is 1. The average Bonchev–Trinajstić information content (AvgIpc) is 2.80. The highest BCUT2D eigenvalue weighted by Gasteiger charge is 2.38. The Bertz CT molecular complexity index is 358. The number of likely N-dealkylation sites (tertiary alicyclic amines) is 1. The van der Waals surface area contributed by atoms with Crippen LogP contribution in [0, 0.1) is 0 Å². The van der Waals surface area contributed by atoms with Crippen LogP contribution >= 0.6 is 69.6 Å². The molecule has 11 heteroatoms. The van der Waals surface area contributed by atoms with E-state index >= 15 is 0 Å². The van der Waals surface area contributed by atoms with Crippen molar-refractivity contribution in [3.63, 3.8) is 0 Å². The monoisotopic (exact) mass is 419 g/mol. The van der Waals surface area contributed by atoms with Gasteiger partial charge >= 0.3 is 12.1 Å². The fraction of sp³-hybridized carbons (Fsp3) is 0.800. The maximum atomic E-state index is 11.9. The summed E-state index contributed by atoms with van der Waals surface area (Å²) in [5, 5.41) is 0. The third-order valence-corrected chi connectivity index (χ3v) is 3.15. The number of alkyl halides is 6. The van der Waals surface area contributed by atoms with Gasteiger partial charge in [0.2, 0.25) is 7.59 Å². The van der Waals surface area contributed by atoms with Gasteiger partial charge in [-0.3, -0.25) is 4.90 Å². The van der Waals surface area contributed by atoms with Crippen LogP contribution in [0.25, 0.3) is 0 Å². The number of carbonyl (C=O) groups is 2. The second-order valence-corrected chi connectivity index (χ2v) is 9.28. The summed E-state index contributed by atoms with van der Waals surface area (Å²) in [7, 11) is 0. The molecule has 0 spiro atoms. The Morgan fingerprint density at radius 2 is 1.52 bits per heavy atom. The van der Waals surface area contributed by atoms with E-state index in [1.165, 1.54) is 4.90 Å². The maximum Gasteiger partial charge on any atom is 0.410 e. The predicted molar refractivity (Wildman–Crippen MR) is 82.6 cm³/mol. The van der Waals surface area contributed by atoms with Crippen LogP contribution in [0.4, 0.5) is 4.79 Å². The van der Waals surface area contributed by atoms with Gasteiger partial charge in [0.15, 0.2) is 0 Å². The Balaban J connectivity index is 2.54. The molecule has 0 radical (unpaired) electrons. The molecule has 1 saturated heterocycles. The quantitative estimate of drug-likeness (QED) is 0.512. The molecule has 1 heterocycles. The van der Waals surface area contributed by atoms with Crippen LogP contribution in [-0.4, -0.2) is 50.3 Å². The van der Waals surface area contributed by atoms with Gasteiger partial charge in [-0.25, -0.2) is 9.59 Å². The minimum absolute atomic E-state index is 0.326. The number of carbonyl (C=O) groups excluding carboxylic acids is 2. The van der Waals surface area contributed by atoms with Crippen molar-refractivity contribution in [2.45, 2.75) is 26.5 Å². The molecule has 0 aromatic heterocycles. The SMILES string of the molecule is O=C(OCC(Cl)(Cl)Cl)C1CCCN1C(=O)OCC(Cl)(Cl)Cl. The highest BCUT2D eigenvalue weighted by atomic mass is 35.6. The molecule has 0 aromatic carbocycles. The zero-order chi connectivity index (χ0) is 16.3. The Morgan fingerprint density at radius 3 is 2.05 bits per heavy atom. The molecule has 1 aliphatic rings. The number of esters is 1. The Kier molecular flexibility index (Phi) is 7.29. The lowest BCUT2D eigenvalue weighted by molar-refractivity contribution is -0.148. The van der Waals surface area contributed by atoms with Crippen LogP contribution in [0.3, 0.4) is 0 Å².